The van der Waals surface area contributed by atoms with Crippen molar-refractivity contribution in [3.8, 4) is 5.75 Å². The zero-order chi connectivity index (χ0) is 12.4. The summed E-state index contributed by atoms with van der Waals surface area (Å²) in [4.78, 5) is 2.44. The number of aryl methyl sites for hydroxylation is 1. The van der Waals surface area contributed by atoms with E-state index in [2.05, 4.69) is 35.0 Å². The summed E-state index contributed by atoms with van der Waals surface area (Å²) >= 11 is 11.7. The summed E-state index contributed by atoms with van der Waals surface area (Å²) in [6, 6.07) is 10.1. The van der Waals surface area contributed by atoms with Gasteiger partial charge in [-0.3, -0.25) is 0 Å². The van der Waals surface area contributed by atoms with Crippen LogP contribution in [-0.2, 0) is 0 Å². The second-order valence-corrected chi connectivity index (χ2v) is 6.32. The molecule has 1 unspecified atom stereocenters. The minimum Gasteiger partial charge on any atom is -0.496 e. The number of ether oxygens (including phenoxy) is 1. The molecule has 90 valence electrons. The molecule has 0 aliphatic carbocycles. The van der Waals surface area contributed by atoms with Gasteiger partial charge in [-0.25, -0.2) is 0 Å². The second kappa shape index (κ2) is 5.42. The first-order chi connectivity index (χ1) is 8.11. The van der Waals surface area contributed by atoms with Gasteiger partial charge in [-0.1, -0.05) is 6.07 Å². The lowest BCUT2D eigenvalue weighted by Gasteiger charge is -2.10. The van der Waals surface area contributed by atoms with Crippen LogP contribution >= 0.6 is 38.9 Å². The lowest BCUT2D eigenvalue weighted by atomic mass is 10.1. The summed E-state index contributed by atoms with van der Waals surface area (Å²) in [6.45, 7) is 2.09. The molecule has 4 heteroatoms. The van der Waals surface area contributed by atoms with Crippen LogP contribution in [0.2, 0.25) is 0 Å². The van der Waals surface area contributed by atoms with E-state index in [1.165, 1.54) is 9.75 Å². The van der Waals surface area contributed by atoms with Crippen molar-refractivity contribution >= 4 is 38.9 Å². The van der Waals surface area contributed by atoms with Crippen molar-refractivity contribution in [1.29, 1.82) is 0 Å². The van der Waals surface area contributed by atoms with E-state index >= 15 is 0 Å². The number of benzene rings is 1. The largest absolute Gasteiger partial charge is 0.496 e. The summed E-state index contributed by atoms with van der Waals surface area (Å²) in [6.07, 6.45) is 0. The molecular weight excluding hydrogens is 320 g/mol. The van der Waals surface area contributed by atoms with Crippen LogP contribution in [0.25, 0.3) is 0 Å². The van der Waals surface area contributed by atoms with Crippen LogP contribution < -0.4 is 4.74 Å². The highest BCUT2D eigenvalue weighted by molar-refractivity contribution is 9.10. The molecule has 1 heterocycles. The van der Waals surface area contributed by atoms with Gasteiger partial charge in [0.15, 0.2) is 0 Å². The molecular formula is C13H12BrClOS. The normalized spacial score (nSPS) is 12.5. The highest BCUT2D eigenvalue weighted by Gasteiger charge is 2.14. The maximum Gasteiger partial charge on any atom is 0.133 e. The second-order valence-electron chi connectivity index (χ2n) is 3.70. The Kier molecular flexibility index (Phi) is 4.13. The molecule has 0 saturated carbocycles. The molecule has 0 N–H and O–H groups in total. The zero-order valence-corrected chi connectivity index (χ0v) is 12.7. The molecule has 1 nitrogen and oxygen atoms in total. The van der Waals surface area contributed by atoms with Crippen molar-refractivity contribution in [2.45, 2.75) is 12.3 Å². The third kappa shape index (κ3) is 2.84. The number of hydrogen-bond acceptors (Lipinski definition) is 2. The maximum absolute atomic E-state index is 6.46. The summed E-state index contributed by atoms with van der Waals surface area (Å²) in [5.41, 5.74) is 1.07. The Morgan fingerprint density at radius 1 is 1.29 bits per heavy atom. The predicted octanol–water partition coefficient (Wildman–Crippen LogP) is 5.16. The van der Waals surface area contributed by atoms with Gasteiger partial charge >= 0.3 is 0 Å². The van der Waals surface area contributed by atoms with E-state index in [9.17, 15) is 0 Å². The minimum atomic E-state index is -0.101. The molecule has 1 atom stereocenters. The fourth-order valence-electron chi connectivity index (χ4n) is 1.59. The standard InChI is InChI=1S/C13H12BrClOS/c1-8-3-6-12(17-8)13(15)9-4-5-11(16-2)10(14)7-9/h3-7,13H,1-2H3. The number of methoxy groups -OCH3 is 1. The van der Waals surface area contributed by atoms with Gasteiger partial charge in [0.05, 0.1) is 17.0 Å². The maximum atomic E-state index is 6.46. The van der Waals surface area contributed by atoms with Crippen molar-refractivity contribution in [2.75, 3.05) is 7.11 Å². The van der Waals surface area contributed by atoms with Crippen LogP contribution in [0.3, 0.4) is 0 Å². The van der Waals surface area contributed by atoms with E-state index < -0.39 is 0 Å². The van der Waals surface area contributed by atoms with E-state index in [0.29, 0.717) is 0 Å². The molecule has 0 saturated heterocycles. The van der Waals surface area contributed by atoms with Gasteiger partial charge in [0.2, 0.25) is 0 Å². The summed E-state index contributed by atoms with van der Waals surface area (Å²) < 4.78 is 6.13. The first-order valence-corrected chi connectivity index (χ1v) is 7.20. The van der Waals surface area contributed by atoms with E-state index in [1.54, 1.807) is 18.4 Å². The molecule has 2 rings (SSSR count). The van der Waals surface area contributed by atoms with Gasteiger partial charge in [-0.15, -0.1) is 22.9 Å². The Morgan fingerprint density at radius 3 is 2.59 bits per heavy atom. The van der Waals surface area contributed by atoms with Crippen LogP contribution in [-0.4, -0.2) is 7.11 Å². The fraction of sp³-hybridized carbons (Fsp3) is 0.231. The number of hydrogen-bond donors (Lipinski definition) is 0. The summed E-state index contributed by atoms with van der Waals surface area (Å²) in [5.74, 6) is 0.819. The van der Waals surface area contributed by atoms with Crippen molar-refractivity contribution < 1.29 is 4.74 Å². The molecule has 0 bridgehead atoms. The van der Waals surface area contributed by atoms with Crippen molar-refractivity contribution in [3.63, 3.8) is 0 Å². The topological polar surface area (TPSA) is 9.23 Å². The van der Waals surface area contributed by atoms with Gasteiger partial charge < -0.3 is 4.74 Å². The minimum absolute atomic E-state index is 0.101. The molecule has 0 aliphatic heterocycles. The van der Waals surface area contributed by atoms with Crippen molar-refractivity contribution in [1.82, 2.24) is 0 Å². The van der Waals surface area contributed by atoms with Crippen LogP contribution in [0.4, 0.5) is 0 Å². The van der Waals surface area contributed by atoms with E-state index in [0.717, 1.165) is 15.8 Å². The Balaban J connectivity index is 2.31. The number of thiophene rings is 1. The monoisotopic (exact) mass is 330 g/mol. The number of rotatable bonds is 3. The molecule has 0 spiro atoms. The van der Waals surface area contributed by atoms with Gasteiger partial charge in [0.25, 0.3) is 0 Å². The molecule has 1 aromatic carbocycles. The summed E-state index contributed by atoms with van der Waals surface area (Å²) in [7, 11) is 1.65. The van der Waals surface area contributed by atoms with Gasteiger partial charge in [0, 0.05) is 9.75 Å². The molecule has 0 amide bonds. The smallest absolute Gasteiger partial charge is 0.133 e. The zero-order valence-electron chi connectivity index (χ0n) is 9.54. The molecule has 0 aliphatic rings. The highest BCUT2D eigenvalue weighted by Crippen LogP contribution is 2.36. The van der Waals surface area contributed by atoms with Crippen LogP contribution in [0.15, 0.2) is 34.8 Å². The summed E-state index contributed by atoms with van der Waals surface area (Å²) in [5, 5.41) is -0.101. The Morgan fingerprint density at radius 2 is 2.06 bits per heavy atom. The van der Waals surface area contributed by atoms with Crippen molar-refractivity contribution in [2.24, 2.45) is 0 Å². The van der Waals surface area contributed by atoms with Gasteiger partial charge in [0.1, 0.15) is 5.75 Å². The SMILES string of the molecule is COc1ccc(C(Cl)c2ccc(C)s2)cc1Br. The fourth-order valence-corrected chi connectivity index (χ4v) is 3.38. The molecule has 17 heavy (non-hydrogen) atoms. The van der Waals surface area contributed by atoms with Gasteiger partial charge in [-0.05, 0) is 52.7 Å². The molecule has 0 fully saturated rings. The predicted molar refractivity (Wildman–Crippen MR) is 77.4 cm³/mol. The van der Waals surface area contributed by atoms with E-state index in [-0.39, 0.29) is 5.38 Å². The first-order valence-electron chi connectivity index (χ1n) is 5.15. The third-order valence-corrected chi connectivity index (χ3v) is 4.78. The van der Waals surface area contributed by atoms with Crippen LogP contribution in [0.1, 0.15) is 20.7 Å². The molecule has 1 aromatic heterocycles. The third-order valence-electron chi connectivity index (χ3n) is 2.48. The Bertz CT molecular complexity index is 524. The van der Waals surface area contributed by atoms with Crippen LogP contribution in [0, 0.1) is 6.92 Å². The quantitative estimate of drug-likeness (QED) is 0.706. The number of alkyl halides is 1. The molecule has 2 aromatic rings. The lowest BCUT2D eigenvalue weighted by molar-refractivity contribution is 0.412. The van der Waals surface area contributed by atoms with E-state index in [1.807, 2.05) is 18.2 Å². The van der Waals surface area contributed by atoms with Crippen molar-refractivity contribution in [3.05, 3.63) is 50.1 Å². The highest BCUT2D eigenvalue weighted by atomic mass is 79.9. The van der Waals surface area contributed by atoms with E-state index in [4.69, 9.17) is 16.3 Å². The average Bonchev–Trinajstić information content (AvgIpc) is 2.75. The average molecular weight is 332 g/mol. The Hall–Kier alpha value is -0.510. The molecule has 0 radical (unpaired) electrons. The van der Waals surface area contributed by atoms with Crippen LogP contribution in [0.5, 0.6) is 5.75 Å². The lowest BCUT2D eigenvalue weighted by Crippen LogP contribution is -1.92. The first kappa shape index (κ1) is 12.9. The van der Waals surface area contributed by atoms with Gasteiger partial charge in [-0.2, -0.15) is 0 Å². The number of halogens is 2. The Labute approximate surface area is 119 Å².